The van der Waals surface area contributed by atoms with E-state index in [1.54, 1.807) is 10.8 Å². The molecule has 540 valence electrons. The smallest absolute Gasteiger partial charge is 0.404 e. The lowest BCUT2D eigenvalue weighted by Crippen LogP contribution is -2.65. The van der Waals surface area contributed by atoms with Crippen LogP contribution < -0.4 is 55.3 Å². The summed E-state index contributed by atoms with van der Waals surface area (Å²) in [4.78, 5) is 121. The number of amides is 7. The number of thiazole rings is 2. The van der Waals surface area contributed by atoms with Gasteiger partial charge in [-0.05, 0) is 47.8 Å². The van der Waals surface area contributed by atoms with Crippen LogP contribution in [-0.2, 0) is 49.3 Å². The molecule has 2 aliphatic heterocycles. The van der Waals surface area contributed by atoms with E-state index >= 15 is 9.59 Å². The standard InChI is InChI=1S/C56H88N18O21S2/c1-21-34(70-47(72-45(21)59)26(13-32(58)78)65-14-25(57)46(60)84)53(89)74(7)36(42(27-15-62-20-66-27)93-55-44(40(82)38(80)30(16-75)92-55)94-54-41(83)43(95-56(61)90)39(81)31(17-76)91-54)51(88)67-23(3)37(79)22(2)48(85)71-35(24(4)77)50(87)64-11-9-33-68-29(19-96-33)52-69-28(18-97-52)49(86)63-10-8-12-73(5)6/h15,18-20,22-26,30-31,35-44,48,54-55,65,71,75-77,79-83,85H,8-14,16-17,57H2,1-7H3,(H2,58,78)(H2,60,84)(H2,61,90)(H,62,66)(H,63,86)(H,64,87)(H,67,88)(H2,59,70,72). The maximum absolute atomic E-state index is 15.4. The molecule has 2 fully saturated rings. The molecule has 41 heteroatoms. The van der Waals surface area contributed by atoms with Gasteiger partial charge in [0.2, 0.25) is 23.6 Å². The number of aromatic amines is 1. The van der Waals surface area contributed by atoms with E-state index < -0.39 is 183 Å². The number of hydrogen-bond donors (Lipinski definition) is 20. The van der Waals surface area contributed by atoms with Crippen molar-refractivity contribution in [1.29, 1.82) is 0 Å². The third-order valence-corrected chi connectivity index (χ3v) is 17.7. The van der Waals surface area contributed by atoms with Crippen LogP contribution in [0.4, 0.5) is 10.6 Å². The summed E-state index contributed by atoms with van der Waals surface area (Å²) in [6.45, 7) is 4.21. The van der Waals surface area contributed by atoms with Crippen molar-refractivity contribution < 1.29 is 103 Å². The molecule has 2 saturated heterocycles. The minimum Gasteiger partial charge on any atom is -0.441 e. The summed E-state index contributed by atoms with van der Waals surface area (Å²) in [6, 6.07) is -7.61. The van der Waals surface area contributed by atoms with Crippen molar-refractivity contribution in [2.75, 3.05) is 66.3 Å². The van der Waals surface area contributed by atoms with Crippen LogP contribution in [0.2, 0.25) is 0 Å². The highest BCUT2D eigenvalue weighted by molar-refractivity contribution is 7.14. The number of aromatic nitrogens is 6. The van der Waals surface area contributed by atoms with Gasteiger partial charge in [-0.2, -0.15) is 0 Å². The molecular formula is C56H88N18O21S2. The molecule has 0 radical (unpaired) electrons. The summed E-state index contributed by atoms with van der Waals surface area (Å²) in [5.74, 6) is -7.24. The summed E-state index contributed by atoms with van der Waals surface area (Å²) in [7, 11) is 4.96. The van der Waals surface area contributed by atoms with Gasteiger partial charge in [-0.1, -0.05) is 6.92 Å². The van der Waals surface area contributed by atoms with Crippen molar-refractivity contribution in [2.45, 2.75) is 163 Å². The second-order valence-electron chi connectivity index (χ2n) is 23.5. The number of ether oxygens (including phenoxy) is 5. The number of carbonyl (C=O) groups excluding carboxylic acids is 7. The van der Waals surface area contributed by atoms with Gasteiger partial charge in [0.1, 0.15) is 101 Å². The number of nitrogens with zero attached hydrogens (tertiary/aromatic N) is 7. The van der Waals surface area contributed by atoms with Crippen molar-refractivity contribution >= 4 is 70.0 Å². The first-order valence-corrected chi connectivity index (χ1v) is 32.2. The van der Waals surface area contributed by atoms with E-state index in [1.807, 2.05) is 19.0 Å². The van der Waals surface area contributed by atoms with Crippen LogP contribution in [0.1, 0.15) is 88.8 Å². The quantitative estimate of drug-likeness (QED) is 0.0149. The van der Waals surface area contributed by atoms with Crippen molar-refractivity contribution in [3.63, 3.8) is 0 Å². The predicted octanol–water partition coefficient (Wildman–Crippen LogP) is -7.89. The van der Waals surface area contributed by atoms with Gasteiger partial charge in [-0.3, -0.25) is 34.1 Å². The lowest BCUT2D eigenvalue weighted by atomic mass is 9.95. The average molecular weight is 1410 g/mol. The number of hydrogen-bond acceptors (Lipinski definition) is 33. The molecule has 25 N–H and O–H groups in total. The molecule has 4 aromatic heterocycles. The third-order valence-electron chi connectivity index (χ3n) is 15.9. The Morgan fingerprint density at radius 2 is 1.51 bits per heavy atom. The molecule has 6 rings (SSSR count). The van der Waals surface area contributed by atoms with Gasteiger partial charge < -0.3 is 134 Å². The van der Waals surface area contributed by atoms with Crippen LogP contribution in [0.25, 0.3) is 10.7 Å². The van der Waals surface area contributed by atoms with Crippen LogP contribution in [0.3, 0.4) is 0 Å². The Bertz CT molecular complexity index is 3260. The molecule has 0 bridgehead atoms. The van der Waals surface area contributed by atoms with E-state index in [4.69, 9.17) is 52.4 Å². The molecule has 39 nitrogen and oxygen atoms in total. The Balaban J connectivity index is 1.28. The number of imidazole rings is 1. The highest BCUT2D eigenvalue weighted by Crippen LogP contribution is 2.36. The van der Waals surface area contributed by atoms with Gasteiger partial charge >= 0.3 is 6.09 Å². The first kappa shape index (κ1) is 78.8. The Labute approximate surface area is 563 Å². The van der Waals surface area contributed by atoms with Gasteiger partial charge in [-0.15, -0.1) is 22.7 Å². The Morgan fingerprint density at radius 1 is 0.825 bits per heavy atom. The molecule has 6 heterocycles. The third kappa shape index (κ3) is 20.7. The van der Waals surface area contributed by atoms with Crippen LogP contribution in [0.5, 0.6) is 0 Å². The van der Waals surface area contributed by atoms with Crippen LogP contribution in [-0.4, -0.2) is 292 Å². The largest absolute Gasteiger partial charge is 0.441 e. The fourth-order valence-corrected chi connectivity index (χ4v) is 11.9. The number of H-pyrrole nitrogens is 1. The number of primary amides is 3. The van der Waals surface area contributed by atoms with E-state index in [2.05, 4.69) is 56.5 Å². The molecule has 7 amide bonds. The van der Waals surface area contributed by atoms with Crippen molar-refractivity contribution in [3.05, 3.63) is 56.8 Å². The zero-order chi connectivity index (χ0) is 71.9. The SMILES string of the molecule is Cc1c(N)nc(C(CC(N)=O)NCC(N)C(N)=O)nc1C(=O)N(C)C(C(=O)NC(C)C(O)C(C)C(O)NC(C(=O)NCCc1nc(-c2nc(C(=O)NCCCN(C)C)cs2)cs1)C(C)O)C(OC1OC(CO)C(O)C(O)C1OC1OC(CO)C(O)C(OC(N)=O)C1O)c1cnc[nH]1. The average Bonchev–Trinajstić information content (AvgIpc) is 1.16. The molecule has 4 aromatic rings. The van der Waals surface area contributed by atoms with E-state index in [1.165, 1.54) is 50.4 Å². The van der Waals surface area contributed by atoms with Gasteiger partial charge in [-0.25, -0.2) is 29.7 Å². The van der Waals surface area contributed by atoms with Crippen molar-refractivity contribution in [2.24, 2.45) is 28.9 Å². The van der Waals surface area contributed by atoms with E-state index in [0.29, 0.717) is 22.3 Å². The molecule has 20 atom stereocenters. The highest BCUT2D eigenvalue weighted by Gasteiger charge is 2.54. The minimum atomic E-state index is -2.19. The van der Waals surface area contributed by atoms with Gasteiger partial charge in [0.15, 0.2) is 18.7 Å². The van der Waals surface area contributed by atoms with Crippen molar-refractivity contribution in [3.8, 4) is 10.7 Å². The number of likely N-dealkylation sites (N-methyl/N-ethyl adjacent to an activating group) is 1. The van der Waals surface area contributed by atoms with Crippen LogP contribution in [0, 0.1) is 12.8 Å². The Hall–Kier alpha value is -7.24. The lowest BCUT2D eigenvalue weighted by molar-refractivity contribution is -0.372. The number of carbonyl (C=O) groups is 7. The number of nitrogen functional groups attached to an aromatic ring is 1. The molecule has 0 aromatic carbocycles. The van der Waals surface area contributed by atoms with Crippen molar-refractivity contribution in [1.82, 2.24) is 66.3 Å². The minimum absolute atomic E-state index is 0.0211. The normalized spacial score (nSPS) is 24.3. The topological polar surface area (TPSA) is 625 Å². The summed E-state index contributed by atoms with van der Waals surface area (Å²) in [5.41, 5.74) is 28.3. The van der Waals surface area contributed by atoms with E-state index in [-0.39, 0.29) is 54.0 Å². The summed E-state index contributed by atoms with van der Waals surface area (Å²) < 4.78 is 29.0. The molecule has 0 spiro atoms. The number of aliphatic hydroxyl groups excluding tert-OH is 9. The zero-order valence-electron chi connectivity index (χ0n) is 54.0. The van der Waals surface area contributed by atoms with Gasteiger partial charge in [0.25, 0.3) is 11.8 Å². The zero-order valence-corrected chi connectivity index (χ0v) is 55.6. The lowest BCUT2D eigenvalue weighted by Gasteiger charge is -2.47. The maximum Gasteiger partial charge on any atom is 0.404 e. The molecule has 0 aliphatic carbocycles. The first-order chi connectivity index (χ1) is 45.8. The molecule has 0 saturated carbocycles. The molecule has 97 heavy (non-hydrogen) atoms. The second-order valence-corrected chi connectivity index (χ2v) is 25.3. The van der Waals surface area contributed by atoms with Crippen LogP contribution >= 0.6 is 22.7 Å². The predicted molar refractivity (Wildman–Crippen MR) is 339 cm³/mol. The fourth-order valence-electron chi connectivity index (χ4n) is 10.3. The van der Waals surface area contributed by atoms with E-state index in [0.717, 1.165) is 37.4 Å². The number of nitrogens with one attached hydrogen (secondary N) is 6. The summed E-state index contributed by atoms with van der Waals surface area (Å²) in [5, 5.41) is 118. The molecular weight excluding hydrogens is 1320 g/mol. The maximum atomic E-state index is 15.4. The monoisotopic (exact) mass is 1410 g/mol. The highest BCUT2D eigenvalue weighted by atomic mass is 32.1. The van der Waals surface area contributed by atoms with Gasteiger partial charge in [0, 0.05) is 61.8 Å². The fraction of sp³-hybridized carbons (Fsp3) is 0.643. The molecule has 2 aliphatic rings. The Morgan fingerprint density at radius 3 is 2.12 bits per heavy atom. The Kier molecular flexibility index (Phi) is 29.2. The first-order valence-electron chi connectivity index (χ1n) is 30.5. The van der Waals surface area contributed by atoms with Gasteiger partial charge in [0.05, 0.1) is 66.8 Å². The van der Waals surface area contributed by atoms with E-state index in [9.17, 15) is 69.9 Å². The number of rotatable bonds is 36. The number of nitrogens with two attached hydrogens (primary N) is 5. The summed E-state index contributed by atoms with van der Waals surface area (Å²) in [6.07, 6.45) is -25.8. The summed E-state index contributed by atoms with van der Waals surface area (Å²) >= 11 is 2.53. The molecule has 20 unspecified atom stereocenters. The number of anilines is 1. The number of aliphatic hydroxyl groups is 9. The van der Waals surface area contributed by atoms with Crippen LogP contribution in [0.15, 0.2) is 23.3 Å². The second kappa shape index (κ2) is 36.0.